The minimum absolute atomic E-state index is 0.216. The number of nitrogens with zero attached hydrogens (tertiary/aromatic N) is 5. The molecule has 0 saturated carbocycles. The number of hydrogen-bond acceptors (Lipinski definition) is 6. The lowest BCUT2D eigenvalue weighted by atomic mass is 9.98. The zero-order valence-electron chi connectivity index (χ0n) is 23.2. The fourth-order valence-electron chi connectivity index (χ4n) is 5.08. The van der Waals surface area contributed by atoms with Crippen molar-refractivity contribution in [3.8, 4) is 28.5 Å². The summed E-state index contributed by atoms with van der Waals surface area (Å²) in [4.78, 5) is 18.1. The van der Waals surface area contributed by atoms with E-state index in [0.717, 1.165) is 27.8 Å². The topological polar surface area (TPSA) is 111 Å². The molecule has 0 atom stereocenters. The second kappa shape index (κ2) is 12.6. The largest absolute Gasteiger partial charge is 0.465 e. The molecule has 0 bridgehead atoms. The fraction of sp³-hybridized carbons (Fsp3) is 0.156. The van der Waals surface area contributed by atoms with Gasteiger partial charge in [-0.05, 0) is 65.1 Å². The molecule has 2 aromatic heterocycles. The Hall–Kier alpha value is -4.73. The summed E-state index contributed by atoms with van der Waals surface area (Å²) in [6.07, 6.45) is 0.506. The van der Waals surface area contributed by atoms with Crippen LogP contribution in [0.2, 0.25) is 10.0 Å². The van der Waals surface area contributed by atoms with Gasteiger partial charge in [0.1, 0.15) is 0 Å². The van der Waals surface area contributed by atoms with E-state index in [1.807, 2.05) is 47.9 Å². The average molecular weight is 613 g/mol. The number of benzene rings is 4. The molecule has 216 valence electrons. The molecule has 43 heavy (non-hydrogen) atoms. The number of rotatable bonds is 10. The van der Waals surface area contributed by atoms with E-state index in [0.29, 0.717) is 64.6 Å². The number of nitrogens with one attached hydrogen (secondary N) is 2. The van der Waals surface area contributed by atoms with Gasteiger partial charge in [-0.2, -0.15) is 10.2 Å². The van der Waals surface area contributed by atoms with Gasteiger partial charge in [-0.3, -0.25) is 9.36 Å². The van der Waals surface area contributed by atoms with Crippen LogP contribution in [0.4, 0.5) is 0 Å². The first-order chi connectivity index (χ1) is 21.0. The molecule has 0 fully saturated rings. The lowest BCUT2D eigenvalue weighted by Gasteiger charge is -2.13. The Bertz CT molecular complexity index is 1870. The van der Waals surface area contributed by atoms with Crippen LogP contribution in [-0.4, -0.2) is 49.2 Å². The van der Waals surface area contributed by atoms with E-state index in [1.54, 1.807) is 24.3 Å². The van der Waals surface area contributed by atoms with Crippen LogP contribution in [0, 0.1) is 0 Å². The third-order valence-electron chi connectivity index (χ3n) is 7.09. The predicted molar refractivity (Wildman–Crippen MR) is 168 cm³/mol. The van der Waals surface area contributed by atoms with Gasteiger partial charge in [0.15, 0.2) is 0 Å². The predicted octanol–water partition coefficient (Wildman–Crippen LogP) is 6.61. The van der Waals surface area contributed by atoms with Crippen LogP contribution in [0.5, 0.6) is 6.01 Å². The summed E-state index contributed by atoms with van der Waals surface area (Å²) in [5.74, 6) is 0.318. The highest BCUT2D eigenvalue weighted by Gasteiger charge is 2.20. The highest BCUT2D eigenvalue weighted by atomic mass is 35.5. The minimum atomic E-state index is -0.216. The summed E-state index contributed by atoms with van der Waals surface area (Å²) < 4.78 is 7.86. The third kappa shape index (κ3) is 5.95. The quantitative estimate of drug-likeness (QED) is 0.180. The van der Waals surface area contributed by atoms with E-state index < -0.39 is 0 Å². The highest BCUT2D eigenvalue weighted by molar-refractivity contribution is 6.36. The monoisotopic (exact) mass is 611 g/mol. The summed E-state index contributed by atoms with van der Waals surface area (Å²) in [7, 11) is 0. The van der Waals surface area contributed by atoms with Gasteiger partial charge in [0.2, 0.25) is 5.82 Å². The third-order valence-corrected chi connectivity index (χ3v) is 7.80. The fourth-order valence-corrected chi connectivity index (χ4v) is 5.67. The van der Waals surface area contributed by atoms with Crippen molar-refractivity contribution in [2.45, 2.75) is 19.9 Å². The van der Waals surface area contributed by atoms with Crippen molar-refractivity contribution in [2.75, 3.05) is 13.2 Å². The molecule has 11 heteroatoms. The Balaban J connectivity index is 1.28. The molecule has 6 rings (SSSR count). The number of amides is 1. The Morgan fingerprint density at radius 3 is 2.40 bits per heavy atom. The standard InChI is InChI=1S/C32H27Cl2N7O2/c1-2-43-32-36-28-12-5-9-25(31(42)35-18-17-24-26(33)10-6-11-27(24)34)29(28)41(32)19-20-13-15-21(16-14-20)22-7-3-4-8-23(22)30-37-39-40-38-30/h3-16H,2,17-19H2,1H3,(H,35,42)(H,37,38,39,40). The van der Waals surface area contributed by atoms with Gasteiger partial charge in [-0.1, -0.05) is 83.9 Å². The van der Waals surface area contributed by atoms with Gasteiger partial charge in [0.05, 0.1) is 29.7 Å². The number of hydrogen-bond donors (Lipinski definition) is 2. The smallest absolute Gasteiger partial charge is 0.297 e. The van der Waals surface area contributed by atoms with Gasteiger partial charge in [0, 0.05) is 22.2 Å². The van der Waals surface area contributed by atoms with Gasteiger partial charge < -0.3 is 10.1 Å². The van der Waals surface area contributed by atoms with E-state index in [1.165, 1.54) is 0 Å². The first-order valence-corrected chi connectivity index (χ1v) is 14.5. The molecule has 9 nitrogen and oxygen atoms in total. The van der Waals surface area contributed by atoms with Crippen molar-refractivity contribution in [2.24, 2.45) is 0 Å². The van der Waals surface area contributed by atoms with E-state index >= 15 is 0 Å². The van der Waals surface area contributed by atoms with E-state index in [4.69, 9.17) is 32.9 Å². The molecule has 0 saturated heterocycles. The van der Waals surface area contributed by atoms with Gasteiger partial charge >= 0.3 is 0 Å². The molecule has 0 aliphatic carbocycles. The SMILES string of the molecule is CCOc1nc2cccc(C(=O)NCCc3c(Cl)cccc3Cl)c2n1Cc1ccc(-c2ccccc2-c2nn[nH]n2)cc1. The number of fused-ring (bicyclic) bond motifs is 1. The summed E-state index contributed by atoms with van der Waals surface area (Å²) in [5, 5.41) is 18.7. The Morgan fingerprint density at radius 1 is 0.930 bits per heavy atom. The van der Waals surface area contributed by atoms with E-state index in [9.17, 15) is 4.79 Å². The van der Waals surface area contributed by atoms with Crippen molar-refractivity contribution >= 4 is 40.1 Å². The van der Waals surface area contributed by atoms with Gasteiger partial charge in [-0.15, -0.1) is 10.2 Å². The number of imidazole rings is 1. The molecular formula is C32H27Cl2N7O2. The number of para-hydroxylation sites is 1. The number of aromatic amines is 1. The molecule has 2 heterocycles. The lowest BCUT2D eigenvalue weighted by Crippen LogP contribution is -2.26. The summed E-state index contributed by atoms with van der Waals surface area (Å²) in [5.41, 5.74) is 6.60. The van der Waals surface area contributed by atoms with Crippen LogP contribution in [0.1, 0.15) is 28.4 Å². The number of tetrazole rings is 1. The second-order valence-corrected chi connectivity index (χ2v) is 10.6. The number of H-pyrrole nitrogens is 1. The zero-order valence-corrected chi connectivity index (χ0v) is 24.7. The number of carbonyl (C=O) groups excluding carboxylic acids is 1. The molecule has 6 aromatic rings. The first kappa shape index (κ1) is 28.4. The highest BCUT2D eigenvalue weighted by Crippen LogP contribution is 2.31. The number of ether oxygens (including phenoxy) is 1. The molecular weight excluding hydrogens is 585 g/mol. The molecule has 0 spiro atoms. The van der Waals surface area contributed by atoms with Crippen molar-refractivity contribution in [3.05, 3.63) is 112 Å². The molecule has 0 radical (unpaired) electrons. The Kier molecular flexibility index (Phi) is 8.35. The molecule has 0 aliphatic heterocycles. The van der Waals surface area contributed by atoms with Gasteiger partial charge in [0.25, 0.3) is 11.9 Å². The molecule has 2 N–H and O–H groups in total. The van der Waals surface area contributed by atoms with Crippen LogP contribution in [0.25, 0.3) is 33.5 Å². The van der Waals surface area contributed by atoms with Crippen LogP contribution in [0.3, 0.4) is 0 Å². The van der Waals surface area contributed by atoms with Crippen LogP contribution in [-0.2, 0) is 13.0 Å². The first-order valence-electron chi connectivity index (χ1n) is 13.8. The Labute approximate surface area is 257 Å². The van der Waals surface area contributed by atoms with Crippen molar-refractivity contribution in [3.63, 3.8) is 0 Å². The van der Waals surface area contributed by atoms with Gasteiger partial charge in [-0.25, -0.2) is 0 Å². The van der Waals surface area contributed by atoms with Crippen molar-refractivity contribution < 1.29 is 9.53 Å². The number of carbonyl (C=O) groups is 1. The second-order valence-electron chi connectivity index (χ2n) is 9.77. The van der Waals surface area contributed by atoms with Crippen LogP contribution < -0.4 is 10.1 Å². The molecule has 1 amide bonds. The molecule has 0 aliphatic rings. The Morgan fingerprint density at radius 2 is 1.67 bits per heavy atom. The summed E-state index contributed by atoms with van der Waals surface area (Å²) in [6, 6.07) is 27.5. The molecule has 4 aromatic carbocycles. The van der Waals surface area contributed by atoms with Crippen molar-refractivity contribution in [1.82, 2.24) is 35.5 Å². The van der Waals surface area contributed by atoms with Crippen molar-refractivity contribution in [1.29, 1.82) is 0 Å². The average Bonchev–Trinajstić information content (AvgIpc) is 3.68. The lowest BCUT2D eigenvalue weighted by molar-refractivity contribution is 0.0955. The number of aromatic nitrogens is 6. The summed E-state index contributed by atoms with van der Waals surface area (Å²) >= 11 is 12.6. The van der Waals surface area contributed by atoms with E-state index in [2.05, 4.69) is 50.2 Å². The zero-order chi connectivity index (χ0) is 29.8. The number of halogens is 2. The maximum atomic E-state index is 13.4. The maximum Gasteiger partial charge on any atom is 0.297 e. The van der Waals surface area contributed by atoms with Crippen LogP contribution in [0.15, 0.2) is 84.9 Å². The maximum absolute atomic E-state index is 13.4. The normalized spacial score (nSPS) is 11.1. The van der Waals surface area contributed by atoms with Crippen LogP contribution >= 0.6 is 23.2 Å². The van der Waals surface area contributed by atoms with E-state index in [-0.39, 0.29) is 5.91 Å². The minimum Gasteiger partial charge on any atom is -0.465 e. The molecule has 0 unspecified atom stereocenters. The summed E-state index contributed by atoms with van der Waals surface area (Å²) in [6.45, 7) is 3.18.